The quantitative estimate of drug-likeness (QED) is 0.288. The van der Waals surface area contributed by atoms with E-state index < -0.39 is 0 Å². The van der Waals surface area contributed by atoms with Crippen LogP contribution in [0.15, 0.2) is 57.4 Å². The molecule has 0 aliphatic heterocycles. The number of aromatic nitrogens is 2. The highest BCUT2D eigenvalue weighted by Gasteiger charge is 2.15. The smallest absolute Gasteiger partial charge is 0.282 e. The van der Waals surface area contributed by atoms with Crippen LogP contribution in [0, 0.1) is 0 Å². The average molecular weight is 498 g/mol. The number of halogens is 1. The van der Waals surface area contributed by atoms with Gasteiger partial charge in [-0.2, -0.15) is 9.78 Å². The molecule has 0 spiro atoms. The molecule has 0 N–H and O–H groups in total. The van der Waals surface area contributed by atoms with Crippen molar-refractivity contribution in [1.82, 2.24) is 9.66 Å². The molecule has 1 aromatic heterocycles. The van der Waals surface area contributed by atoms with E-state index in [1.54, 1.807) is 12.3 Å². The van der Waals surface area contributed by atoms with Crippen LogP contribution in [0.25, 0.3) is 10.9 Å². The van der Waals surface area contributed by atoms with Crippen molar-refractivity contribution in [2.24, 2.45) is 5.10 Å². The summed E-state index contributed by atoms with van der Waals surface area (Å²) in [7, 11) is 0. The summed E-state index contributed by atoms with van der Waals surface area (Å²) < 4.78 is 14.1. The summed E-state index contributed by atoms with van der Waals surface area (Å²) in [5, 5.41) is 5.01. The number of nitrogens with zero attached hydrogens (tertiary/aromatic N) is 3. The Bertz CT molecular complexity index is 1220. The fourth-order valence-corrected chi connectivity index (χ4v) is 3.73. The second-order valence-electron chi connectivity index (χ2n) is 7.50. The lowest BCUT2D eigenvalue weighted by atomic mass is 10.1. The van der Waals surface area contributed by atoms with E-state index in [2.05, 4.69) is 32.6 Å². The van der Waals surface area contributed by atoms with Crippen LogP contribution in [-0.2, 0) is 12.8 Å². The molecule has 0 saturated heterocycles. The van der Waals surface area contributed by atoms with Gasteiger partial charge >= 0.3 is 0 Å². The van der Waals surface area contributed by atoms with Crippen molar-refractivity contribution in [3.63, 3.8) is 0 Å². The minimum absolute atomic E-state index is 0.00553. The third-order valence-electron chi connectivity index (χ3n) is 4.69. The molecule has 168 valence electrons. The van der Waals surface area contributed by atoms with Crippen molar-refractivity contribution in [1.29, 1.82) is 0 Å². The van der Waals surface area contributed by atoms with Crippen molar-refractivity contribution in [2.75, 3.05) is 6.61 Å². The van der Waals surface area contributed by atoms with Crippen molar-refractivity contribution < 1.29 is 9.47 Å². The van der Waals surface area contributed by atoms with E-state index in [1.807, 2.05) is 58.0 Å². The lowest BCUT2D eigenvalue weighted by Gasteiger charge is -2.18. The molecule has 0 aliphatic carbocycles. The Balaban J connectivity index is 2.12. The summed E-state index contributed by atoms with van der Waals surface area (Å²) in [6, 6.07) is 9.33. The van der Waals surface area contributed by atoms with Gasteiger partial charge in [0.05, 0.1) is 29.8 Å². The van der Waals surface area contributed by atoms with Crippen LogP contribution >= 0.6 is 15.9 Å². The molecule has 0 bridgehead atoms. The molecule has 0 aliphatic rings. The molecular weight excluding hydrogens is 470 g/mol. The molecule has 32 heavy (non-hydrogen) atoms. The first-order valence-corrected chi connectivity index (χ1v) is 11.5. The molecule has 2 aromatic carbocycles. The monoisotopic (exact) mass is 497 g/mol. The fraction of sp³-hybridized carbons (Fsp3) is 0.320. The van der Waals surface area contributed by atoms with Crippen LogP contribution in [0.3, 0.4) is 0 Å². The number of rotatable bonds is 9. The van der Waals surface area contributed by atoms with Crippen molar-refractivity contribution in [3.8, 4) is 11.5 Å². The molecule has 0 amide bonds. The predicted octanol–water partition coefficient (Wildman–Crippen LogP) is 5.52. The zero-order valence-corrected chi connectivity index (χ0v) is 20.5. The van der Waals surface area contributed by atoms with Gasteiger partial charge in [0, 0.05) is 16.5 Å². The number of benzene rings is 2. The minimum atomic E-state index is -0.208. The highest BCUT2D eigenvalue weighted by Crippen LogP contribution is 2.34. The Hall–Kier alpha value is -2.93. The van der Waals surface area contributed by atoms with Crippen LogP contribution in [-0.4, -0.2) is 28.6 Å². The Morgan fingerprint density at radius 2 is 2.03 bits per heavy atom. The molecule has 0 atom stereocenters. The molecule has 7 heteroatoms. The van der Waals surface area contributed by atoms with Crippen molar-refractivity contribution in [3.05, 3.63) is 74.8 Å². The summed E-state index contributed by atoms with van der Waals surface area (Å²) in [6.45, 7) is 12.2. The fourth-order valence-electron chi connectivity index (χ4n) is 3.36. The summed E-state index contributed by atoms with van der Waals surface area (Å²) >= 11 is 3.42. The largest absolute Gasteiger partial charge is 0.490 e. The Morgan fingerprint density at radius 1 is 1.25 bits per heavy atom. The van der Waals surface area contributed by atoms with E-state index in [-0.39, 0.29) is 11.7 Å². The van der Waals surface area contributed by atoms with Gasteiger partial charge in [0.15, 0.2) is 11.5 Å². The van der Waals surface area contributed by atoms with Gasteiger partial charge in [0.25, 0.3) is 5.56 Å². The number of aryl methyl sites for hydroxylation is 1. The first kappa shape index (κ1) is 23.7. The highest BCUT2D eigenvalue weighted by atomic mass is 79.9. The third-order valence-corrected chi connectivity index (χ3v) is 5.18. The standard InChI is InChI=1S/C25H28BrN3O3/c1-6-9-18-12-17(13-22(31-8-3)24(18)32-16(4)5)15-27-29-23(7-2)28-21-11-10-19(26)14-20(21)25(29)30/h6,10-16H,1,7-9H2,2-5H3. The predicted molar refractivity (Wildman–Crippen MR) is 133 cm³/mol. The maximum absolute atomic E-state index is 13.1. The molecule has 0 unspecified atom stereocenters. The molecule has 3 rings (SSSR count). The van der Waals surface area contributed by atoms with E-state index in [9.17, 15) is 4.79 Å². The van der Waals surface area contributed by atoms with E-state index in [1.165, 1.54) is 4.68 Å². The maximum Gasteiger partial charge on any atom is 0.282 e. The van der Waals surface area contributed by atoms with Crippen LogP contribution in [0.1, 0.15) is 44.6 Å². The highest BCUT2D eigenvalue weighted by molar-refractivity contribution is 9.10. The van der Waals surface area contributed by atoms with Gasteiger partial charge in [-0.3, -0.25) is 4.79 Å². The number of hydrogen-bond acceptors (Lipinski definition) is 5. The number of fused-ring (bicyclic) bond motifs is 1. The zero-order valence-electron chi connectivity index (χ0n) is 18.9. The van der Waals surface area contributed by atoms with Gasteiger partial charge in [-0.05, 0) is 63.1 Å². The molecule has 0 saturated carbocycles. The lowest BCUT2D eigenvalue weighted by molar-refractivity contribution is 0.222. The Morgan fingerprint density at radius 3 is 2.69 bits per heavy atom. The molecule has 0 fully saturated rings. The first-order valence-electron chi connectivity index (χ1n) is 10.7. The second-order valence-corrected chi connectivity index (χ2v) is 8.42. The molecular formula is C25H28BrN3O3. The number of allylic oxidation sites excluding steroid dienone is 1. The zero-order chi connectivity index (χ0) is 23.3. The van der Waals surface area contributed by atoms with Crippen LogP contribution in [0.4, 0.5) is 0 Å². The van der Waals surface area contributed by atoms with E-state index in [0.29, 0.717) is 47.7 Å². The van der Waals surface area contributed by atoms with Crippen molar-refractivity contribution in [2.45, 2.75) is 46.6 Å². The topological polar surface area (TPSA) is 65.7 Å². The summed E-state index contributed by atoms with van der Waals surface area (Å²) in [5.41, 5.74) is 2.19. The van der Waals surface area contributed by atoms with Gasteiger partial charge < -0.3 is 9.47 Å². The Labute approximate surface area is 196 Å². The van der Waals surface area contributed by atoms with E-state index in [4.69, 9.17) is 9.47 Å². The second kappa shape index (κ2) is 10.6. The summed E-state index contributed by atoms with van der Waals surface area (Å²) in [5.74, 6) is 1.95. The average Bonchev–Trinajstić information content (AvgIpc) is 2.75. The number of hydrogen-bond donors (Lipinski definition) is 0. The third kappa shape index (κ3) is 5.27. The SMILES string of the molecule is C=CCc1cc(C=Nn2c(CC)nc3ccc(Br)cc3c2=O)cc(OCC)c1OC(C)C. The normalized spacial score (nSPS) is 11.4. The molecule has 1 heterocycles. The van der Waals surface area contributed by atoms with Crippen LogP contribution < -0.4 is 15.0 Å². The van der Waals surface area contributed by atoms with E-state index in [0.717, 1.165) is 15.6 Å². The van der Waals surface area contributed by atoms with E-state index >= 15 is 0 Å². The van der Waals surface area contributed by atoms with Gasteiger partial charge in [-0.25, -0.2) is 4.98 Å². The first-order chi connectivity index (χ1) is 15.4. The van der Waals surface area contributed by atoms with Crippen LogP contribution in [0.5, 0.6) is 11.5 Å². The minimum Gasteiger partial charge on any atom is -0.490 e. The van der Waals surface area contributed by atoms with Gasteiger partial charge in [0.1, 0.15) is 5.82 Å². The summed E-state index contributed by atoms with van der Waals surface area (Å²) in [6.07, 6.45) is 4.68. The molecule has 0 radical (unpaired) electrons. The maximum atomic E-state index is 13.1. The van der Waals surface area contributed by atoms with Crippen molar-refractivity contribution >= 4 is 33.0 Å². The van der Waals surface area contributed by atoms with Gasteiger partial charge in [-0.1, -0.05) is 28.9 Å². The van der Waals surface area contributed by atoms with Gasteiger partial charge in [-0.15, -0.1) is 6.58 Å². The van der Waals surface area contributed by atoms with Crippen LogP contribution in [0.2, 0.25) is 0 Å². The van der Waals surface area contributed by atoms with Gasteiger partial charge in [0.2, 0.25) is 0 Å². The lowest BCUT2D eigenvalue weighted by Crippen LogP contribution is -2.22. The molecule has 6 nitrogen and oxygen atoms in total. The number of ether oxygens (including phenoxy) is 2. The Kier molecular flexibility index (Phi) is 7.85. The molecule has 3 aromatic rings. The summed E-state index contributed by atoms with van der Waals surface area (Å²) in [4.78, 5) is 17.7.